The van der Waals surface area contributed by atoms with Gasteiger partial charge in [-0.1, -0.05) is 0 Å². The Kier molecular flexibility index (Phi) is 6.50. The third kappa shape index (κ3) is 4.98. The third-order valence-corrected chi connectivity index (χ3v) is 7.37. The topological polar surface area (TPSA) is 60.9 Å². The van der Waals surface area contributed by atoms with E-state index >= 15 is 0 Å². The second kappa shape index (κ2) is 9.09. The van der Waals surface area contributed by atoms with Gasteiger partial charge in [0.15, 0.2) is 9.84 Å². The SMILES string of the molecule is CS(=O)(=O)c1ccc(N2CCCC2)c(C(=O)N2CCN(c3ccc(C(F)(F)F)cc3F)CC2)c1. The molecule has 184 valence electrons. The molecule has 2 fully saturated rings. The molecule has 11 heteroatoms. The van der Waals surface area contributed by atoms with E-state index < -0.39 is 27.4 Å². The summed E-state index contributed by atoms with van der Waals surface area (Å²) in [4.78, 5) is 18.7. The average Bonchev–Trinajstić information content (AvgIpc) is 3.32. The van der Waals surface area contributed by atoms with Crippen molar-refractivity contribution in [3.63, 3.8) is 0 Å². The molecule has 0 saturated carbocycles. The molecule has 0 spiro atoms. The van der Waals surface area contributed by atoms with Crippen LogP contribution < -0.4 is 9.80 Å². The lowest BCUT2D eigenvalue weighted by atomic mass is 10.1. The van der Waals surface area contributed by atoms with Crippen LogP contribution in [-0.4, -0.2) is 64.7 Å². The molecule has 2 heterocycles. The summed E-state index contributed by atoms with van der Waals surface area (Å²) in [6, 6.07) is 7.01. The highest BCUT2D eigenvalue weighted by molar-refractivity contribution is 7.90. The van der Waals surface area contributed by atoms with Crippen molar-refractivity contribution in [1.29, 1.82) is 0 Å². The number of nitrogens with zero attached hydrogens (tertiary/aromatic N) is 3. The highest BCUT2D eigenvalue weighted by atomic mass is 32.2. The molecule has 2 aromatic rings. The number of carbonyl (C=O) groups excluding carboxylic acids is 1. The lowest BCUT2D eigenvalue weighted by molar-refractivity contribution is -0.137. The molecule has 2 aromatic carbocycles. The van der Waals surface area contributed by atoms with Gasteiger partial charge in [-0.25, -0.2) is 12.8 Å². The Morgan fingerprint density at radius 1 is 0.853 bits per heavy atom. The van der Waals surface area contributed by atoms with E-state index in [4.69, 9.17) is 0 Å². The van der Waals surface area contributed by atoms with Crippen LogP contribution in [0.1, 0.15) is 28.8 Å². The molecule has 1 amide bonds. The van der Waals surface area contributed by atoms with Crippen molar-refractivity contribution < 1.29 is 30.8 Å². The Bertz CT molecular complexity index is 1190. The number of carbonyl (C=O) groups is 1. The van der Waals surface area contributed by atoms with Crippen molar-refractivity contribution in [2.24, 2.45) is 0 Å². The quantitative estimate of drug-likeness (QED) is 0.599. The van der Waals surface area contributed by atoms with Crippen LogP contribution >= 0.6 is 0 Å². The molecule has 6 nitrogen and oxygen atoms in total. The molecular weight excluding hydrogens is 474 g/mol. The Morgan fingerprint density at radius 3 is 2.00 bits per heavy atom. The summed E-state index contributed by atoms with van der Waals surface area (Å²) in [5.74, 6) is -1.29. The minimum atomic E-state index is -4.63. The molecule has 0 N–H and O–H groups in total. The van der Waals surface area contributed by atoms with E-state index in [9.17, 15) is 30.8 Å². The van der Waals surface area contributed by atoms with Gasteiger partial charge in [-0.05, 0) is 49.2 Å². The predicted octanol–water partition coefficient (Wildman–Crippen LogP) is 3.81. The second-order valence-corrected chi connectivity index (χ2v) is 10.6. The zero-order valence-corrected chi connectivity index (χ0v) is 19.4. The first-order valence-electron chi connectivity index (χ1n) is 11.0. The number of benzene rings is 2. The van der Waals surface area contributed by atoms with Crippen LogP contribution in [-0.2, 0) is 16.0 Å². The van der Waals surface area contributed by atoms with Crippen molar-refractivity contribution in [2.75, 3.05) is 55.3 Å². The highest BCUT2D eigenvalue weighted by Gasteiger charge is 2.32. The molecular formula is C23H25F4N3O3S. The van der Waals surface area contributed by atoms with Crippen LogP contribution in [0.15, 0.2) is 41.3 Å². The van der Waals surface area contributed by atoms with Crippen LogP contribution in [0.2, 0.25) is 0 Å². The van der Waals surface area contributed by atoms with Gasteiger partial charge in [-0.15, -0.1) is 0 Å². The fraction of sp³-hybridized carbons (Fsp3) is 0.435. The summed E-state index contributed by atoms with van der Waals surface area (Å²) >= 11 is 0. The van der Waals surface area contributed by atoms with Gasteiger partial charge >= 0.3 is 6.18 Å². The van der Waals surface area contributed by atoms with E-state index in [1.54, 1.807) is 15.9 Å². The van der Waals surface area contributed by atoms with Gasteiger partial charge in [0, 0.05) is 51.2 Å². The first-order valence-corrected chi connectivity index (χ1v) is 12.8. The number of halogens is 4. The molecule has 0 radical (unpaired) electrons. The van der Waals surface area contributed by atoms with Crippen molar-refractivity contribution in [3.05, 3.63) is 53.3 Å². The molecule has 34 heavy (non-hydrogen) atoms. The molecule has 0 aliphatic carbocycles. The Hall–Kier alpha value is -2.82. The number of amides is 1. The molecule has 2 aliphatic heterocycles. The molecule has 0 bridgehead atoms. The second-order valence-electron chi connectivity index (χ2n) is 8.59. The lowest BCUT2D eigenvalue weighted by Crippen LogP contribution is -2.49. The number of alkyl halides is 3. The highest BCUT2D eigenvalue weighted by Crippen LogP contribution is 2.33. The van der Waals surface area contributed by atoms with Crippen molar-refractivity contribution in [3.8, 4) is 0 Å². The van der Waals surface area contributed by atoms with Crippen LogP contribution in [0.4, 0.5) is 28.9 Å². The zero-order chi connectivity index (χ0) is 24.7. The number of hydrogen-bond acceptors (Lipinski definition) is 5. The average molecular weight is 500 g/mol. The Balaban J connectivity index is 1.53. The van der Waals surface area contributed by atoms with Gasteiger partial charge in [0.05, 0.1) is 21.7 Å². The first-order chi connectivity index (χ1) is 15.9. The van der Waals surface area contributed by atoms with Crippen molar-refractivity contribution in [2.45, 2.75) is 23.9 Å². The Labute approximate surface area is 195 Å². The van der Waals surface area contributed by atoms with Crippen LogP contribution in [0.5, 0.6) is 0 Å². The van der Waals surface area contributed by atoms with E-state index in [1.165, 1.54) is 12.1 Å². The fourth-order valence-electron chi connectivity index (χ4n) is 4.41. The summed E-state index contributed by atoms with van der Waals surface area (Å²) in [5.41, 5.74) is -0.00945. The van der Waals surface area contributed by atoms with E-state index in [1.807, 2.05) is 0 Å². The number of sulfone groups is 1. The number of piperazine rings is 1. The monoisotopic (exact) mass is 499 g/mol. The number of rotatable bonds is 4. The van der Waals surface area contributed by atoms with Gasteiger partial charge in [-0.2, -0.15) is 13.2 Å². The number of anilines is 2. The minimum Gasteiger partial charge on any atom is -0.371 e. The largest absolute Gasteiger partial charge is 0.416 e. The fourth-order valence-corrected chi connectivity index (χ4v) is 5.06. The number of hydrogen-bond donors (Lipinski definition) is 0. The van der Waals surface area contributed by atoms with Gasteiger partial charge in [0.25, 0.3) is 5.91 Å². The normalized spacial score (nSPS) is 17.4. The van der Waals surface area contributed by atoms with E-state index in [-0.39, 0.29) is 42.7 Å². The van der Waals surface area contributed by atoms with Crippen molar-refractivity contribution in [1.82, 2.24) is 4.90 Å². The van der Waals surface area contributed by atoms with Gasteiger partial charge < -0.3 is 14.7 Å². The molecule has 0 aromatic heterocycles. The minimum absolute atomic E-state index is 0.0527. The summed E-state index contributed by atoms with van der Waals surface area (Å²) in [6.07, 6.45) is -1.57. The summed E-state index contributed by atoms with van der Waals surface area (Å²) in [6.45, 7) is 2.47. The van der Waals surface area contributed by atoms with E-state index in [0.29, 0.717) is 17.3 Å². The molecule has 4 rings (SSSR count). The van der Waals surface area contributed by atoms with Crippen molar-refractivity contribution >= 4 is 27.1 Å². The third-order valence-electron chi connectivity index (χ3n) is 6.26. The van der Waals surface area contributed by atoms with Crippen LogP contribution in [0.25, 0.3) is 0 Å². The zero-order valence-electron chi connectivity index (χ0n) is 18.6. The van der Waals surface area contributed by atoms with E-state index in [0.717, 1.165) is 44.3 Å². The van der Waals surface area contributed by atoms with Crippen LogP contribution in [0, 0.1) is 5.82 Å². The maximum Gasteiger partial charge on any atom is 0.416 e. The van der Waals surface area contributed by atoms with E-state index in [2.05, 4.69) is 4.90 Å². The maximum absolute atomic E-state index is 14.4. The summed E-state index contributed by atoms with van der Waals surface area (Å²) in [5, 5.41) is 0. The Morgan fingerprint density at radius 2 is 1.44 bits per heavy atom. The van der Waals surface area contributed by atoms with Crippen LogP contribution in [0.3, 0.4) is 0 Å². The maximum atomic E-state index is 14.4. The van der Waals surface area contributed by atoms with Gasteiger partial charge in [0.2, 0.25) is 0 Å². The molecule has 0 unspecified atom stereocenters. The smallest absolute Gasteiger partial charge is 0.371 e. The molecule has 0 atom stereocenters. The molecule has 2 aliphatic rings. The van der Waals surface area contributed by atoms with Gasteiger partial charge in [0.1, 0.15) is 5.82 Å². The van der Waals surface area contributed by atoms with Gasteiger partial charge in [-0.3, -0.25) is 4.79 Å². The first kappa shape index (κ1) is 24.3. The lowest BCUT2D eigenvalue weighted by Gasteiger charge is -2.37. The summed E-state index contributed by atoms with van der Waals surface area (Å²) < 4.78 is 77.0. The molecule has 2 saturated heterocycles. The summed E-state index contributed by atoms with van der Waals surface area (Å²) in [7, 11) is -3.51. The standard InChI is InChI=1S/C23H25F4N3O3S/c1-34(32,33)17-5-7-20(28-8-2-3-9-28)18(15-17)22(31)30-12-10-29(11-13-30)21-6-4-16(14-19(21)24)23(25,26)27/h4-7,14-15H,2-3,8-13H2,1H3. The predicted molar refractivity (Wildman–Crippen MR) is 121 cm³/mol.